The number of amides is 2. The smallest absolute Gasteiger partial charge is 0.314 e. The van der Waals surface area contributed by atoms with Crippen LogP contribution in [-0.2, 0) is 4.79 Å². The molecule has 108 valence electrons. The number of carboxylic acids is 1. The molecular formula is C12H20N2O3S2. The zero-order valence-corrected chi connectivity index (χ0v) is 12.4. The molecule has 1 saturated heterocycles. The summed E-state index contributed by atoms with van der Waals surface area (Å²) >= 11 is 3.81. The van der Waals surface area contributed by atoms with Gasteiger partial charge in [-0.3, -0.25) is 4.79 Å². The van der Waals surface area contributed by atoms with Gasteiger partial charge in [-0.05, 0) is 12.8 Å². The fourth-order valence-corrected chi connectivity index (χ4v) is 4.85. The lowest BCUT2D eigenvalue weighted by molar-refractivity contribution is -0.153. The SMILES string of the molecule is O=C(NCC1CSCCS1)NCC1(C(=O)O)CCC1. The van der Waals surface area contributed by atoms with Crippen LogP contribution in [0.4, 0.5) is 4.79 Å². The van der Waals surface area contributed by atoms with Gasteiger partial charge in [-0.2, -0.15) is 23.5 Å². The molecule has 0 aromatic rings. The lowest BCUT2D eigenvalue weighted by atomic mass is 9.69. The number of carbonyl (C=O) groups excluding carboxylic acids is 1. The fraction of sp³-hybridized carbons (Fsp3) is 0.833. The van der Waals surface area contributed by atoms with Crippen molar-refractivity contribution in [3.8, 4) is 0 Å². The quantitative estimate of drug-likeness (QED) is 0.715. The molecule has 0 aromatic carbocycles. The summed E-state index contributed by atoms with van der Waals surface area (Å²) in [4.78, 5) is 22.8. The van der Waals surface area contributed by atoms with Gasteiger partial charge in [0.05, 0.1) is 5.41 Å². The Kier molecular flexibility index (Phi) is 5.27. The Labute approximate surface area is 121 Å². The number of rotatable bonds is 5. The van der Waals surface area contributed by atoms with Gasteiger partial charge in [0.15, 0.2) is 0 Å². The third-order valence-electron chi connectivity index (χ3n) is 3.73. The maximum Gasteiger partial charge on any atom is 0.314 e. The van der Waals surface area contributed by atoms with Crippen LogP contribution in [0.25, 0.3) is 0 Å². The van der Waals surface area contributed by atoms with Crippen LogP contribution in [0.15, 0.2) is 0 Å². The first kappa shape index (κ1) is 14.8. The van der Waals surface area contributed by atoms with Gasteiger partial charge < -0.3 is 15.7 Å². The molecule has 1 saturated carbocycles. The third-order valence-corrected chi connectivity index (χ3v) is 6.57. The molecule has 0 spiro atoms. The third kappa shape index (κ3) is 3.95. The molecule has 2 fully saturated rings. The highest BCUT2D eigenvalue weighted by Gasteiger charge is 2.44. The Morgan fingerprint density at radius 1 is 1.26 bits per heavy atom. The van der Waals surface area contributed by atoms with Crippen LogP contribution < -0.4 is 10.6 Å². The molecule has 1 unspecified atom stereocenters. The van der Waals surface area contributed by atoms with Crippen LogP contribution in [-0.4, -0.2) is 52.7 Å². The van der Waals surface area contributed by atoms with Crippen LogP contribution in [0.3, 0.4) is 0 Å². The van der Waals surface area contributed by atoms with Crippen molar-refractivity contribution in [2.45, 2.75) is 24.5 Å². The van der Waals surface area contributed by atoms with Crippen LogP contribution in [0.5, 0.6) is 0 Å². The standard InChI is InChI=1S/C12H20N2O3S2/c15-10(16)12(2-1-3-12)8-14-11(17)13-6-9-7-18-4-5-19-9/h9H,1-8H2,(H,15,16)(H2,13,14,17). The Morgan fingerprint density at radius 3 is 2.58 bits per heavy atom. The second-order valence-corrected chi connectivity index (χ2v) is 7.63. The van der Waals surface area contributed by atoms with Crippen molar-refractivity contribution in [2.75, 3.05) is 30.3 Å². The predicted octanol–water partition coefficient (Wildman–Crippen LogP) is 1.39. The van der Waals surface area contributed by atoms with Gasteiger partial charge in [-0.15, -0.1) is 0 Å². The van der Waals surface area contributed by atoms with Crippen molar-refractivity contribution in [3.05, 3.63) is 0 Å². The highest BCUT2D eigenvalue weighted by molar-refractivity contribution is 8.06. The molecule has 19 heavy (non-hydrogen) atoms. The van der Waals surface area contributed by atoms with E-state index in [0.717, 1.165) is 17.9 Å². The van der Waals surface area contributed by atoms with Crippen LogP contribution in [0.1, 0.15) is 19.3 Å². The summed E-state index contributed by atoms with van der Waals surface area (Å²) in [5.41, 5.74) is -0.715. The minimum atomic E-state index is -0.793. The number of hydrogen-bond acceptors (Lipinski definition) is 4. The Hall–Kier alpha value is -0.560. The van der Waals surface area contributed by atoms with E-state index >= 15 is 0 Å². The minimum absolute atomic E-state index is 0.237. The molecular weight excluding hydrogens is 284 g/mol. The summed E-state index contributed by atoms with van der Waals surface area (Å²) in [6.45, 7) is 0.893. The largest absolute Gasteiger partial charge is 0.481 e. The molecule has 0 radical (unpaired) electrons. The highest BCUT2D eigenvalue weighted by atomic mass is 32.2. The van der Waals surface area contributed by atoms with Crippen molar-refractivity contribution >= 4 is 35.5 Å². The molecule has 2 rings (SSSR count). The summed E-state index contributed by atoms with van der Waals surface area (Å²) < 4.78 is 0. The van der Waals surface area contributed by atoms with Gasteiger partial charge in [-0.25, -0.2) is 4.79 Å². The van der Waals surface area contributed by atoms with Gasteiger partial charge in [0.2, 0.25) is 0 Å². The number of carboxylic acid groups (broad SMARTS) is 1. The molecule has 1 aliphatic heterocycles. The minimum Gasteiger partial charge on any atom is -0.481 e. The fourth-order valence-electron chi connectivity index (χ4n) is 2.24. The van der Waals surface area contributed by atoms with E-state index in [0.29, 0.717) is 24.6 Å². The van der Waals surface area contributed by atoms with E-state index < -0.39 is 11.4 Å². The van der Waals surface area contributed by atoms with Gasteiger partial charge in [0.25, 0.3) is 0 Å². The van der Waals surface area contributed by atoms with Crippen molar-refractivity contribution in [1.82, 2.24) is 10.6 Å². The van der Waals surface area contributed by atoms with E-state index in [-0.39, 0.29) is 12.6 Å². The zero-order chi connectivity index (χ0) is 13.7. The number of urea groups is 1. The monoisotopic (exact) mass is 304 g/mol. The van der Waals surface area contributed by atoms with Crippen molar-refractivity contribution in [2.24, 2.45) is 5.41 Å². The molecule has 1 atom stereocenters. The molecule has 2 aliphatic rings. The summed E-state index contributed by atoms with van der Waals surface area (Å²) in [7, 11) is 0. The molecule has 1 heterocycles. The molecule has 2 amide bonds. The predicted molar refractivity (Wildman–Crippen MR) is 78.9 cm³/mol. The summed E-state index contributed by atoms with van der Waals surface area (Å²) in [5.74, 6) is 2.61. The highest BCUT2D eigenvalue weighted by Crippen LogP contribution is 2.40. The van der Waals surface area contributed by atoms with E-state index in [1.54, 1.807) is 0 Å². The molecule has 7 heteroatoms. The van der Waals surface area contributed by atoms with Gasteiger partial charge in [0, 0.05) is 35.6 Å². The van der Waals surface area contributed by atoms with Crippen molar-refractivity contribution in [1.29, 1.82) is 0 Å². The molecule has 0 bridgehead atoms. The Morgan fingerprint density at radius 2 is 2.05 bits per heavy atom. The maximum atomic E-state index is 11.7. The number of nitrogens with one attached hydrogen (secondary N) is 2. The zero-order valence-electron chi connectivity index (χ0n) is 10.8. The number of carbonyl (C=O) groups is 2. The summed E-state index contributed by atoms with van der Waals surface area (Å²) in [6.07, 6.45) is 2.26. The first-order valence-electron chi connectivity index (χ1n) is 6.57. The van der Waals surface area contributed by atoms with E-state index in [1.807, 2.05) is 23.5 Å². The average Bonchev–Trinajstić information content (AvgIpc) is 2.36. The molecule has 5 nitrogen and oxygen atoms in total. The topological polar surface area (TPSA) is 78.4 Å². The van der Waals surface area contributed by atoms with E-state index in [2.05, 4.69) is 10.6 Å². The normalized spacial score (nSPS) is 25.2. The van der Waals surface area contributed by atoms with E-state index in [4.69, 9.17) is 5.11 Å². The van der Waals surface area contributed by atoms with Gasteiger partial charge in [-0.1, -0.05) is 6.42 Å². The van der Waals surface area contributed by atoms with Gasteiger partial charge >= 0.3 is 12.0 Å². The first-order valence-corrected chi connectivity index (χ1v) is 8.77. The summed E-state index contributed by atoms with van der Waals surface area (Å²) in [5, 5.41) is 15.2. The maximum absolute atomic E-state index is 11.7. The molecule has 0 aromatic heterocycles. The molecule has 1 aliphatic carbocycles. The number of aliphatic carboxylic acids is 1. The Bertz CT molecular complexity index is 342. The van der Waals surface area contributed by atoms with Crippen LogP contribution >= 0.6 is 23.5 Å². The lowest BCUT2D eigenvalue weighted by Crippen LogP contribution is -2.50. The van der Waals surface area contributed by atoms with E-state index in [1.165, 1.54) is 5.75 Å². The van der Waals surface area contributed by atoms with Crippen LogP contribution in [0.2, 0.25) is 0 Å². The first-order chi connectivity index (χ1) is 9.12. The lowest BCUT2D eigenvalue weighted by Gasteiger charge is -2.37. The second-order valence-electron chi connectivity index (χ2n) is 5.07. The number of hydrogen-bond donors (Lipinski definition) is 3. The van der Waals surface area contributed by atoms with E-state index in [9.17, 15) is 9.59 Å². The summed E-state index contributed by atoms with van der Waals surface area (Å²) in [6, 6.07) is -0.247. The van der Waals surface area contributed by atoms with Gasteiger partial charge in [0.1, 0.15) is 0 Å². The van der Waals surface area contributed by atoms with Crippen LogP contribution in [0, 0.1) is 5.41 Å². The second kappa shape index (κ2) is 6.74. The van der Waals surface area contributed by atoms with Crippen molar-refractivity contribution in [3.63, 3.8) is 0 Å². The average molecular weight is 304 g/mol. The Balaban J connectivity index is 1.65. The van der Waals surface area contributed by atoms with Crippen molar-refractivity contribution < 1.29 is 14.7 Å². The molecule has 3 N–H and O–H groups in total. The number of thioether (sulfide) groups is 2.